The highest BCUT2D eigenvalue weighted by atomic mass is 16.3. The Bertz CT molecular complexity index is 143. The summed E-state index contributed by atoms with van der Waals surface area (Å²) in [7, 11) is 0. The van der Waals surface area contributed by atoms with E-state index in [4.69, 9.17) is 5.11 Å². The molecule has 0 spiro atoms. The van der Waals surface area contributed by atoms with Crippen LogP contribution in [0.15, 0.2) is 36.6 Å². The van der Waals surface area contributed by atoms with Gasteiger partial charge in [-0.25, -0.2) is 0 Å². The van der Waals surface area contributed by atoms with Gasteiger partial charge in [0.2, 0.25) is 0 Å². The molecule has 0 amide bonds. The van der Waals surface area contributed by atoms with E-state index in [0.29, 0.717) is 0 Å². The van der Waals surface area contributed by atoms with Crippen LogP contribution in [0.2, 0.25) is 0 Å². The zero-order valence-corrected chi connectivity index (χ0v) is 5.72. The molecule has 1 heteroatoms. The Morgan fingerprint density at radius 2 is 2.22 bits per heavy atom. The molecule has 0 atom stereocenters. The molecule has 0 unspecified atom stereocenters. The summed E-state index contributed by atoms with van der Waals surface area (Å²) >= 11 is 0. The summed E-state index contributed by atoms with van der Waals surface area (Å²) in [6.07, 6.45) is 3.85. The maximum Gasteiger partial charge on any atom is 0.115 e. The van der Waals surface area contributed by atoms with Gasteiger partial charge in [-0.05, 0) is 18.6 Å². The molecule has 50 valence electrons. The number of aliphatic hydroxyl groups excluding tert-OH is 1. The second-order valence-corrected chi connectivity index (χ2v) is 1.79. The van der Waals surface area contributed by atoms with Crippen LogP contribution in [0.4, 0.5) is 0 Å². The standard InChI is InChI=1S/C8H12O/c1-4-7(3)6-8(9)5-2/h5-6,9H,2-4H2,1H3/b8-6+. The first-order valence-corrected chi connectivity index (χ1v) is 2.91. The van der Waals surface area contributed by atoms with Crippen LogP contribution in [0.3, 0.4) is 0 Å². The maximum absolute atomic E-state index is 8.84. The third-order valence-electron chi connectivity index (χ3n) is 1.02. The molecule has 1 N–H and O–H groups in total. The lowest BCUT2D eigenvalue weighted by Crippen LogP contribution is -1.75. The van der Waals surface area contributed by atoms with Gasteiger partial charge in [-0.2, -0.15) is 0 Å². The average molecular weight is 124 g/mol. The van der Waals surface area contributed by atoms with E-state index < -0.39 is 0 Å². The van der Waals surface area contributed by atoms with Crippen LogP contribution in [0, 0.1) is 0 Å². The summed E-state index contributed by atoms with van der Waals surface area (Å²) in [5.41, 5.74) is 0.910. The number of hydrogen-bond donors (Lipinski definition) is 1. The van der Waals surface area contributed by atoms with Crippen molar-refractivity contribution in [3.8, 4) is 0 Å². The van der Waals surface area contributed by atoms with Crippen LogP contribution in [-0.4, -0.2) is 5.11 Å². The van der Waals surface area contributed by atoms with E-state index in [1.165, 1.54) is 6.08 Å². The van der Waals surface area contributed by atoms with Crippen molar-refractivity contribution >= 4 is 0 Å². The summed E-state index contributed by atoms with van der Waals surface area (Å²) in [6, 6.07) is 0. The Hall–Kier alpha value is -0.980. The van der Waals surface area contributed by atoms with Crippen molar-refractivity contribution in [2.75, 3.05) is 0 Å². The number of aliphatic hydroxyl groups is 1. The van der Waals surface area contributed by atoms with E-state index in [0.717, 1.165) is 12.0 Å². The maximum atomic E-state index is 8.84. The van der Waals surface area contributed by atoms with E-state index in [1.807, 2.05) is 6.92 Å². The van der Waals surface area contributed by atoms with Gasteiger partial charge in [-0.3, -0.25) is 0 Å². The molecule has 9 heavy (non-hydrogen) atoms. The summed E-state index contributed by atoms with van der Waals surface area (Å²) in [6.45, 7) is 9.05. The van der Waals surface area contributed by atoms with E-state index in [2.05, 4.69) is 13.2 Å². The zero-order valence-electron chi connectivity index (χ0n) is 5.72. The molecule has 0 aliphatic carbocycles. The molecule has 0 saturated heterocycles. The first-order valence-electron chi connectivity index (χ1n) is 2.91. The highest BCUT2D eigenvalue weighted by Gasteiger charge is 1.85. The second kappa shape index (κ2) is 3.96. The Morgan fingerprint density at radius 3 is 2.56 bits per heavy atom. The molecule has 0 aliphatic heterocycles. The molecule has 0 aromatic heterocycles. The van der Waals surface area contributed by atoms with Crippen LogP contribution in [0.1, 0.15) is 13.3 Å². The minimum Gasteiger partial charge on any atom is -0.508 e. The molecule has 0 fully saturated rings. The normalized spacial score (nSPS) is 11.0. The van der Waals surface area contributed by atoms with Crippen LogP contribution in [0.25, 0.3) is 0 Å². The SMILES string of the molecule is C=C/C(O)=C\C(=C)CC. The first kappa shape index (κ1) is 8.02. The smallest absolute Gasteiger partial charge is 0.115 e. The third-order valence-corrected chi connectivity index (χ3v) is 1.02. The Morgan fingerprint density at radius 1 is 1.67 bits per heavy atom. The van der Waals surface area contributed by atoms with Crippen LogP contribution in [-0.2, 0) is 0 Å². The lowest BCUT2D eigenvalue weighted by atomic mass is 10.2. The molecular weight excluding hydrogens is 112 g/mol. The van der Waals surface area contributed by atoms with Crippen LogP contribution in [0.5, 0.6) is 0 Å². The van der Waals surface area contributed by atoms with E-state index in [9.17, 15) is 0 Å². The van der Waals surface area contributed by atoms with Crippen molar-refractivity contribution in [1.29, 1.82) is 0 Å². The molecule has 0 radical (unpaired) electrons. The quantitative estimate of drug-likeness (QED) is 0.453. The lowest BCUT2D eigenvalue weighted by Gasteiger charge is -1.91. The molecular formula is C8H12O. The molecule has 0 saturated carbocycles. The molecule has 0 aromatic carbocycles. The molecule has 0 rings (SSSR count). The fraction of sp³-hybridized carbons (Fsp3) is 0.250. The van der Waals surface area contributed by atoms with Gasteiger partial charge in [0.1, 0.15) is 5.76 Å². The van der Waals surface area contributed by atoms with E-state index in [1.54, 1.807) is 6.08 Å². The highest BCUT2D eigenvalue weighted by Crippen LogP contribution is 2.01. The number of rotatable bonds is 3. The molecule has 1 nitrogen and oxygen atoms in total. The number of allylic oxidation sites excluding steroid dienone is 3. The highest BCUT2D eigenvalue weighted by molar-refractivity contribution is 5.21. The van der Waals surface area contributed by atoms with Crippen molar-refractivity contribution in [1.82, 2.24) is 0 Å². The van der Waals surface area contributed by atoms with Crippen LogP contribution < -0.4 is 0 Å². The molecule has 0 aromatic rings. The van der Waals surface area contributed by atoms with Crippen molar-refractivity contribution < 1.29 is 5.11 Å². The van der Waals surface area contributed by atoms with Crippen molar-refractivity contribution in [3.63, 3.8) is 0 Å². The lowest BCUT2D eigenvalue weighted by molar-refractivity contribution is 0.432. The third kappa shape index (κ3) is 3.59. The molecule has 0 aliphatic rings. The predicted octanol–water partition coefficient (Wildman–Crippen LogP) is 2.58. The number of hydrogen-bond acceptors (Lipinski definition) is 1. The van der Waals surface area contributed by atoms with E-state index in [-0.39, 0.29) is 5.76 Å². The monoisotopic (exact) mass is 124 g/mol. The van der Waals surface area contributed by atoms with E-state index >= 15 is 0 Å². The van der Waals surface area contributed by atoms with Gasteiger partial charge in [0, 0.05) is 0 Å². The first-order chi connectivity index (χ1) is 4.20. The topological polar surface area (TPSA) is 20.2 Å². The Labute approximate surface area is 56.0 Å². The second-order valence-electron chi connectivity index (χ2n) is 1.79. The fourth-order valence-electron chi connectivity index (χ4n) is 0.370. The summed E-state index contributed by atoms with van der Waals surface area (Å²) in [4.78, 5) is 0. The summed E-state index contributed by atoms with van der Waals surface area (Å²) in [5.74, 6) is 0.182. The minimum atomic E-state index is 0.182. The van der Waals surface area contributed by atoms with Crippen molar-refractivity contribution in [3.05, 3.63) is 36.6 Å². The van der Waals surface area contributed by atoms with Gasteiger partial charge in [-0.15, -0.1) is 0 Å². The largest absolute Gasteiger partial charge is 0.508 e. The summed E-state index contributed by atoms with van der Waals surface area (Å²) in [5, 5.41) is 8.84. The zero-order chi connectivity index (χ0) is 7.28. The van der Waals surface area contributed by atoms with Gasteiger partial charge in [0.05, 0.1) is 0 Å². The van der Waals surface area contributed by atoms with Gasteiger partial charge in [0.15, 0.2) is 0 Å². The predicted molar refractivity (Wildman–Crippen MR) is 40.3 cm³/mol. The van der Waals surface area contributed by atoms with Gasteiger partial charge in [0.25, 0.3) is 0 Å². The molecule has 0 heterocycles. The Kier molecular flexibility index (Phi) is 3.52. The van der Waals surface area contributed by atoms with Gasteiger partial charge >= 0.3 is 0 Å². The Balaban J connectivity index is 3.94. The van der Waals surface area contributed by atoms with Crippen LogP contribution >= 0.6 is 0 Å². The molecule has 0 bridgehead atoms. The van der Waals surface area contributed by atoms with Gasteiger partial charge in [-0.1, -0.05) is 25.7 Å². The minimum absolute atomic E-state index is 0.182. The van der Waals surface area contributed by atoms with Crippen molar-refractivity contribution in [2.45, 2.75) is 13.3 Å². The van der Waals surface area contributed by atoms with Crippen molar-refractivity contribution in [2.24, 2.45) is 0 Å². The average Bonchev–Trinajstić information content (AvgIpc) is 1.87. The van der Waals surface area contributed by atoms with Gasteiger partial charge < -0.3 is 5.11 Å². The summed E-state index contributed by atoms with van der Waals surface area (Å²) < 4.78 is 0. The fourth-order valence-corrected chi connectivity index (χ4v) is 0.370.